The molecule has 3 rings (SSSR count). The second kappa shape index (κ2) is 10.7. The normalized spacial score (nSPS) is 25.2. The predicted octanol–water partition coefficient (Wildman–Crippen LogP) is 2.33. The molecule has 2 saturated heterocycles. The van der Waals surface area contributed by atoms with Gasteiger partial charge in [0.25, 0.3) is 0 Å². The summed E-state index contributed by atoms with van der Waals surface area (Å²) in [5.41, 5.74) is 0. The second-order valence-corrected chi connectivity index (χ2v) is 8.00. The topological polar surface area (TPSA) is 57.2 Å². The van der Waals surface area contributed by atoms with Crippen molar-refractivity contribution in [1.82, 2.24) is 15.1 Å². The van der Waals surface area contributed by atoms with Gasteiger partial charge >= 0.3 is 0 Å². The minimum absolute atomic E-state index is 0. The monoisotopic (exact) mass is 478 g/mol. The number of halogens is 1. The van der Waals surface area contributed by atoms with Gasteiger partial charge in [-0.05, 0) is 43.9 Å². The van der Waals surface area contributed by atoms with E-state index in [4.69, 9.17) is 4.74 Å². The number of rotatable bonds is 4. The van der Waals surface area contributed by atoms with Crippen LogP contribution in [0.4, 0.5) is 0 Å². The third kappa shape index (κ3) is 5.97. The largest absolute Gasteiger partial charge is 0.381 e. The van der Waals surface area contributed by atoms with Gasteiger partial charge in [-0.3, -0.25) is 4.79 Å². The lowest BCUT2D eigenvalue weighted by molar-refractivity contribution is -0.127. The van der Waals surface area contributed by atoms with Crippen LogP contribution in [-0.2, 0) is 9.53 Å². The maximum Gasteiger partial charge on any atom is 0.243 e. The van der Waals surface area contributed by atoms with Crippen molar-refractivity contribution in [3.8, 4) is 0 Å². The molecular weight excluding hydrogens is 443 g/mol. The summed E-state index contributed by atoms with van der Waals surface area (Å²) in [7, 11) is 3.58. The van der Waals surface area contributed by atoms with Crippen molar-refractivity contribution in [2.45, 2.75) is 51.0 Å². The number of likely N-dealkylation sites (tertiary alicyclic amines) is 1. The van der Waals surface area contributed by atoms with Crippen LogP contribution in [0.2, 0.25) is 0 Å². The maximum atomic E-state index is 12.0. The number of hydrogen-bond acceptors (Lipinski definition) is 3. The second-order valence-electron chi connectivity index (χ2n) is 8.00. The van der Waals surface area contributed by atoms with E-state index in [1.165, 1.54) is 44.9 Å². The summed E-state index contributed by atoms with van der Waals surface area (Å²) in [4.78, 5) is 20.7. The summed E-state index contributed by atoms with van der Waals surface area (Å²) in [6.07, 6.45) is 8.66. The molecule has 3 aliphatic rings. The number of ether oxygens (including phenoxy) is 1. The summed E-state index contributed by atoms with van der Waals surface area (Å²) >= 11 is 0. The van der Waals surface area contributed by atoms with Crippen LogP contribution in [-0.4, -0.2) is 74.7 Å². The smallest absolute Gasteiger partial charge is 0.243 e. The van der Waals surface area contributed by atoms with Gasteiger partial charge < -0.3 is 19.9 Å². The molecule has 2 heterocycles. The fourth-order valence-electron chi connectivity index (χ4n) is 4.33. The lowest BCUT2D eigenvalue weighted by Crippen LogP contribution is -2.45. The molecule has 0 bridgehead atoms. The number of aliphatic imine (C=N–C) groups is 1. The van der Waals surface area contributed by atoms with E-state index in [1.54, 1.807) is 19.0 Å². The third-order valence-corrected chi connectivity index (χ3v) is 6.01. The van der Waals surface area contributed by atoms with Crippen molar-refractivity contribution in [1.29, 1.82) is 0 Å². The van der Waals surface area contributed by atoms with Gasteiger partial charge in [0.15, 0.2) is 5.96 Å². The molecule has 0 aromatic carbocycles. The number of carbonyl (C=O) groups excluding carboxylic acids is 1. The first kappa shape index (κ1) is 21.7. The number of nitrogens with zero attached hydrogens (tertiary/aromatic N) is 3. The Hall–Kier alpha value is -0.570. The van der Waals surface area contributed by atoms with E-state index in [2.05, 4.69) is 15.2 Å². The Morgan fingerprint density at radius 2 is 1.81 bits per heavy atom. The Morgan fingerprint density at radius 3 is 2.46 bits per heavy atom. The molecule has 1 saturated carbocycles. The molecule has 1 amide bonds. The van der Waals surface area contributed by atoms with E-state index in [9.17, 15) is 4.79 Å². The van der Waals surface area contributed by atoms with Crippen molar-refractivity contribution in [2.75, 3.05) is 46.9 Å². The average molecular weight is 478 g/mol. The van der Waals surface area contributed by atoms with E-state index in [1.807, 2.05) is 0 Å². The van der Waals surface area contributed by atoms with Gasteiger partial charge in [0.1, 0.15) is 6.54 Å². The zero-order chi connectivity index (χ0) is 17.6. The van der Waals surface area contributed by atoms with Gasteiger partial charge in [0, 0.05) is 46.4 Å². The van der Waals surface area contributed by atoms with Crippen molar-refractivity contribution < 1.29 is 9.53 Å². The molecule has 7 heteroatoms. The number of carbonyl (C=O) groups is 1. The fourth-order valence-corrected chi connectivity index (χ4v) is 4.33. The maximum absolute atomic E-state index is 12.0. The summed E-state index contributed by atoms with van der Waals surface area (Å²) in [5.74, 6) is 2.54. The highest BCUT2D eigenvalue weighted by Crippen LogP contribution is 2.31. The Morgan fingerprint density at radius 1 is 1.12 bits per heavy atom. The Balaban J connectivity index is 0.00000243. The molecule has 3 fully saturated rings. The van der Waals surface area contributed by atoms with Gasteiger partial charge in [0.2, 0.25) is 5.91 Å². The first-order valence-electron chi connectivity index (χ1n) is 9.97. The van der Waals surface area contributed by atoms with E-state index in [0.717, 1.165) is 44.1 Å². The molecular formula is C19H35IN4O2. The van der Waals surface area contributed by atoms with E-state index in [0.29, 0.717) is 6.04 Å². The first-order chi connectivity index (χ1) is 12.1. The third-order valence-electron chi connectivity index (χ3n) is 6.01. The molecule has 1 aliphatic carbocycles. The molecule has 6 nitrogen and oxygen atoms in total. The summed E-state index contributed by atoms with van der Waals surface area (Å²) < 4.78 is 5.52. The lowest BCUT2D eigenvalue weighted by atomic mass is 9.85. The SMILES string of the molecule is CN(C)C(=O)CN=C(NC1CCCC1)N1CCC(C2CCOCC2)C1.I. The van der Waals surface area contributed by atoms with Crippen molar-refractivity contribution in [3.05, 3.63) is 0 Å². The molecule has 0 radical (unpaired) electrons. The van der Waals surface area contributed by atoms with Gasteiger partial charge in [0.05, 0.1) is 0 Å². The van der Waals surface area contributed by atoms with Crippen molar-refractivity contribution >= 4 is 35.8 Å². The summed E-state index contributed by atoms with van der Waals surface area (Å²) in [6, 6.07) is 0.523. The van der Waals surface area contributed by atoms with Crippen molar-refractivity contribution in [3.63, 3.8) is 0 Å². The lowest BCUT2D eigenvalue weighted by Gasteiger charge is -2.29. The molecule has 2 aliphatic heterocycles. The first-order valence-corrected chi connectivity index (χ1v) is 9.97. The standard InChI is InChI=1S/C19H34N4O2.HI/c1-22(2)18(24)13-20-19(21-17-5-3-4-6-17)23-10-7-16(14-23)15-8-11-25-12-9-15;/h15-17H,3-14H2,1-2H3,(H,20,21);1H. The van der Waals surface area contributed by atoms with Crippen LogP contribution in [0.3, 0.4) is 0 Å². The Labute approximate surface area is 175 Å². The van der Waals surface area contributed by atoms with Crippen LogP contribution in [0.25, 0.3) is 0 Å². The van der Waals surface area contributed by atoms with E-state index >= 15 is 0 Å². The molecule has 0 spiro atoms. The molecule has 1 N–H and O–H groups in total. The van der Waals surface area contributed by atoms with Gasteiger partial charge in [-0.1, -0.05) is 12.8 Å². The summed E-state index contributed by atoms with van der Waals surface area (Å²) in [5, 5.41) is 3.66. The Kier molecular flexibility index (Phi) is 8.93. The minimum atomic E-state index is 0. The molecule has 0 aromatic rings. The van der Waals surface area contributed by atoms with Crippen LogP contribution < -0.4 is 5.32 Å². The average Bonchev–Trinajstić information content (AvgIpc) is 3.30. The number of hydrogen-bond donors (Lipinski definition) is 1. The highest BCUT2D eigenvalue weighted by molar-refractivity contribution is 14.0. The number of likely N-dealkylation sites (N-methyl/N-ethyl adjacent to an activating group) is 1. The molecule has 1 atom stereocenters. The molecule has 26 heavy (non-hydrogen) atoms. The van der Waals surface area contributed by atoms with Crippen molar-refractivity contribution in [2.24, 2.45) is 16.8 Å². The minimum Gasteiger partial charge on any atom is -0.381 e. The van der Waals surface area contributed by atoms with Crippen LogP contribution in [0, 0.1) is 11.8 Å². The van der Waals surface area contributed by atoms with E-state index < -0.39 is 0 Å². The summed E-state index contributed by atoms with van der Waals surface area (Å²) in [6.45, 7) is 4.19. The zero-order valence-electron chi connectivity index (χ0n) is 16.3. The molecule has 0 aromatic heterocycles. The fraction of sp³-hybridized carbons (Fsp3) is 0.895. The quantitative estimate of drug-likeness (QED) is 0.383. The van der Waals surface area contributed by atoms with Crippen LogP contribution >= 0.6 is 24.0 Å². The zero-order valence-corrected chi connectivity index (χ0v) is 18.6. The molecule has 150 valence electrons. The van der Waals surface area contributed by atoms with Crippen LogP contribution in [0.1, 0.15) is 44.9 Å². The Bertz CT molecular complexity index is 474. The van der Waals surface area contributed by atoms with Gasteiger partial charge in [-0.25, -0.2) is 4.99 Å². The number of nitrogens with one attached hydrogen (secondary N) is 1. The van der Waals surface area contributed by atoms with Crippen LogP contribution in [0.15, 0.2) is 4.99 Å². The number of amides is 1. The predicted molar refractivity (Wildman–Crippen MR) is 115 cm³/mol. The highest BCUT2D eigenvalue weighted by atomic mass is 127. The number of guanidine groups is 1. The highest BCUT2D eigenvalue weighted by Gasteiger charge is 2.32. The van der Waals surface area contributed by atoms with Crippen LogP contribution in [0.5, 0.6) is 0 Å². The van der Waals surface area contributed by atoms with Gasteiger partial charge in [-0.2, -0.15) is 0 Å². The molecule has 1 unspecified atom stereocenters. The van der Waals surface area contributed by atoms with E-state index in [-0.39, 0.29) is 36.4 Å². The van der Waals surface area contributed by atoms with Gasteiger partial charge in [-0.15, -0.1) is 24.0 Å².